The first-order valence-electron chi connectivity index (χ1n) is 7.23. The molecule has 0 saturated heterocycles. The van der Waals surface area contributed by atoms with Gasteiger partial charge in [0.25, 0.3) is 0 Å². The molecule has 1 atom stereocenters. The van der Waals surface area contributed by atoms with Gasteiger partial charge in [-0.15, -0.1) is 0 Å². The van der Waals surface area contributed by atoms with E-state index in [-0.39, 0.29) is 6.04 Å². The van der Waals surface area contributed by atoms with E-state index in [9.17, 15) is 0 Å². The van der Waals surface area contributed by atoms with Gasteiger partial charge < -0.3 is 14.6 Å². The third-order valence-corrected chi connectivity index (χ3v) is 3.95. The van der Waals surface area contributed by atoms with Crippen molar-refractivity contribution in [1.82, 2.24) is 14.9 Å². The zero-order valence-corrected chi connectivity index (χ0v) is 14.4. The summed E-state index contributed by atoms with van der Waals surface area (Å²) in [6.07, 6.45) is 4.56. The molecule has 0 amide bonds. The minimum absolute atomic E-state index is 0.270. The second-order valence-corrected chi connectivity index (χ2v) is 5.93. The summed E-state index contributed by atoms with van der Waals surface area (Å²) >= 11 is 3.51. The monoisotopic (exact) mass is 351 g/mol. The van der Waals surface area contributed by atoms with Crippen LogP contribution >= 0.6 is 15.9 Å². The number of rotatable bonds is 7. The Labute approximate surface area is 134 Å². The van der Waals surface area contributed by atoms with E-state index in [4.69, 9.17) is 4.74 Å². The second-order valence-electron chi connectivity index (χ2n) is 5.01. The van der Waals surface area contributed by atoms with E-state index in [0.717, 1.165) is 29.0 Å². The van der Waals surface area contributed by atoms with E-state index in [2.05, 4.69) is 52.2 Å². The van der Waals surface area contributed by atoms with Crippen LogP contribution in [0.5, 0.6) is 5.75 Å². The molecule has 5 heteroatoms. The molecule has 0 aliphatic carbocycles. The molecule has 0 aliphatic heterocycles. The second kappa shape index (κ2) is 7.61. The molecule has 1 N–H and O–H groups in total. The first-order chi connectivity index (χ1) is 10.1. The van der Waals surface area contributed by atoms with Crippen molar-refractivity contribution >= 4 is 15.9 Å². The van der Waals surface area contributed by atoms with Gasteiger partial charge in [-0.1, -0.05) is 28.9 Å². The predicted molar refractivity (Wildman–Crippen MR) is 88.6 cm³/mol. The third-order valence-electron chi connectivity index (χ3n) is 3.46. The average Bonchev–Trinajstić information content (AvgIpc) is 2.85. The number of benzene rings is 1. The lowest BCUT2D eigenvalue weighted by atomic mass is 10.1. The van der Waals surface area contributed by atoms with E-state index in [1.165, 1.54) is 5.56 Å². The van der Waals surface area contributed by atoms with Crippen molar-refractivity contribution in [2.75, 3.05) is 13.2 Å². The largest absolute Gasteiger partial charge is 0.493 e. The number of aryl methyl sites for hydroxylation is 1. The van der Waals surface area contributed by atoms with Crippen LogP contribution in [-0.4, -0.2) is 22.7 Å². The van der Waals surface area contributed by atoms with Gasteiger partial charge in [-0.2, -0.15) is 0 Å². The molecule has 4 nitrogen and oxygen atoms in total. The maximum Gasteiger partial charge on any atom is 0.125 e. The molecule has 2 aromatic rings. The van der Waals surface area contributed by atoms with E-state index in [0.29, 0.717) is 6.61 Å². The average molecular weight is 352 g/mol. The number of nitrogens with one attached hydrogen (secondary N) is 1. The van der Waals surface area contributed by atoms with Crippen molar-refractivity contribution in [3.8, 4) is 5.75 Å². The Morgan fingerprint density at radius 3 is 2.90 bits per heavy atom. The highest BCUT2D eigenvalue weighted by Gasteiger charge is 2.11. The van der Waals surface area contributed by atoms with E-state index >= 15 is 0 Å². The van der Waals surface area contributed by atoms with Gasteiger partial charge >= 0.3 is 0 Å². The van der Waals surface area contributed by atoms with Crippen LogP contribution in [0.2, 0.25) is 0 Å². The van der Waals surface area contributed by atoms with E-state index in [1.807, 2.05) is 30.1 Å². The topological polar surface area (TPSA) is 39.1 Å². The molecule has 0 fully saturated rings. The van der Waals surface area contributed by atoms with Gasteiger partial charge in [0.05, 0.1) is 6.61 Å². The maximum atomic E-state index is 5.99. The van der Waals surface area contributed by atoms with Crippen LogP contribution in [-0.2, 0) is 13.5 Å². The lowest BCUT2D eigenvalue weighted by Crippen LogP contribution is -2.19. The molecule has 1 aromatic carbocycles. The number of hydrogen-bond acceptors (Lipinski definition) is 3. The molecule has 1 aromatic heterocycles. The maximum absolute atomic E-state index is 5.99. The number of ether oxygens (including phenoxy) is 1. The van der Waals surface area contributed by atoms with E-state index < -0.39 is 0 Å². The first kappa shape index (κ1) is 16.0. The van der Waals surface area contributed by atoms with Crippen LogP contribution in [0.4, 0.5) is 0 Å². The molecular weight excluding hydrogens is 330 g/mol. The summed E-state index contributed by atoms with van der Waals surface area (Å²) in [4.78, 5) is 4.31. The molecule has 0 aliphatic rings. The molecular formula is C16H22BrN3O. The molecule has 114 valence electrons. The fourth-order valence-corrected chi connectivity index (χ4v) is 2.64. The molecule has 0 saturated carbocycles. The van der Waals surface area contributed by atoms with Crippen LogP contribution in [0.1, 0.15) is 31.3 Å². The minimum Gasteiger partial charge on any atom is -0.493 e. The molecule has 21 heavy (non-hydrogen) atoms. The third kappa shape index (κ3) is 4.32. The van der Waals surface area contributed by atoms with Crippen molar-refractivity contribution in [2.45, 2.75) is 26.3 Å². The number of nitrogens with zero attached hydrogens (tertiary/aromatic N) is 2. The molecule has 2 rings (SSSR count). The zero-order valence-electron chi connectivity index (χ0n) is 12.8. The molecule has 0 bridgehead atoms. The fourth-order valence-electron chi connectivity index (χ4n) is 2.30. The Balaban J connectivity index is 2.04. The van der Waals surface area contributed by atoms with Crippen molar-refractivity contribution in [3.63, 3.8) is 0 Å². The Hall–Kier alpha value is -1.33. The van der Waals surface area contributed by atoms with Crippen molar-refractivity contribution < 1.29 is 4.74 Å². The van der Waals surface area contributed by atoms with Gasteiger partial charge in [-0.05, 0) is 25.6 Å². The SMILES string of the molecule is CCNC(C)c1ccc(Br)cc1OCCc1nccn1C. The van der Waals surface area contributed by atoms with Gasteiger partial charge in [-0.25, -0.2) is 4.98 Å². The summed E-state index contributed by atoms with van der Waals surface area (Å²) in [6, 6.07) is 6.45. The van der Waals surface area contributed by atoms with Crippen molar-refractivity contribution in [1.29, 1.82) is 0 Å². The standard InChI is InChI=1S/C16H22BrN3O/c1-4-18-12(2)14-6-5-13(17)11-15(14)21-10-7-16-19-8-9-20(16)3/h5-6,8-9,11-12,18H,4,7,10H2,1-3H3. The first-order valence-corrected chi connectivity index (χ1v) is 8.03. The Kier molecular flexibility index (Phi) is 5.82. The highest BCUT2D eigenvalue weighted by Crippen LogP contribution is 2.28. The van der Waals surface area contributed by atoms with Gasteiger partial charge in [-0.3, -0.25) is 0 Å². The van der Waals surface area contributed by atoms with Gasteiger partial charge in [0.1, 0.15) is 11.6 Å². The van der Waals surface area contributed by atoms with Crippen LogP contribution in [0.3, 0.4) is 0 Å². The summed E-state index contributed by atoms with van der Waals surface area (Å²) in [6.45, 7) is 5.81. The highest BCUT2D eigenvalue weighted by molar-refractivity contribution is 9.10. The van der Waals surface area contributed by atoms with Crippen LogP contribution < -0.4 is 10.1 Å². The Morgan fingerprint density at radius 1 is 1.43 bits per heavy atom. The number of imidazole rings is 1. The van der Waals surface area contributed by atoms with Crippen LogP contribution in [0.15, 0.2) is 35.1 Å². The van der Waals surface area contributed by atoms with Crippen LogP contribution in [0.25, 0.3) is 0 Å². The zero-order chi connectivity index (χ0) is 15.2. The fraction of sp³-hybridized carbons (Fsp3) is 0.438. The normalized spacial score (nSPS) is 12.4. The molecule has 0 radical (unpaired) electrons. The predicted octanol–water partition coefficient (Wildman–Crippen LogP) is 3.47. The number of halogens is 1. The number of hydrogen-bond donors (Lipinski definition) is 1. The summed E-state index contributed by atoms with van der Waals surface area (Å²) in [7, 11) is 2.00. The van der Waals surface area contributed by atoms with Crippen LogP contribution in [0, 0.1) is 0 Å². The Bertz CT molecular complexity index is 583. The number of aromatic nitrogens is 2. The summed E-state index contributed by atoms with van der Waals surface area (Å²) in [5.74, 6) is 1.96. The minimum atomic E-state index is 0.270. The Morgan fingerprint density at radius 2 is 2.24 bits per heavy atom. The molecule has 1 heterocycles. The molecule has 1 unspecified atom stereocenters. The van der Waals surface area contributed by atoms with E-state index in [1.54, 1.807) is 0 Å². The summed E-state index contributed by atoms with van der Waals surface area (Å²) in [5.41, 5.74) is 1.18. The molecule has 0 spiro atoms. The lowest BCUT2D eigenvalue weighted by molar-refractivity contribution is 0.311. The smallest absolute Gasteiger partial charge is 0.125 e. The summed E-state index contributed by atoms with van der Waals surface area (Å²) < 4.78 is 9.04. The highest BCUT2D eigenvalue weighted by atomic mass is 79.9. The van der Waals surface area contributed by atoms with Gasteiger partial charge in [0.2, 0.25) is 0 Å². The quantitative estimate of drug-likeness (QED) is 0.829. The van der Waals surface area contributed by atoms with Crippen molar-refractivity contribution in [3.05, 3.63) is 46.5 Å². The van der Waals surface area contributed by atoms with Gasteiger partial charge in [0.15, 0.2) is 0 Å². The lowest BCUT2D eigenvalue weighted by Gasteiger charge is -2.18. The van der Waals surface area contributed by atoms with Crippen molar-refractivity contribution in [2.24, 2.45) is 7.05 Å². The van der Waals surface area contributed by atoms with Gasteiger partial charge in [0, 0.05) is 41.9 Å². The summed E-state index contributed by atoms with van der Waals surface area (Å²) in [5, 5.41) is 3.42.